The first kappa shape index (κ1) is 13.8. The Bertz CT molecular complexity index is 464. The maximum Gasteiger partial charge on any atom is 0.328 e. The molecule has 19 heavy (non-hydrogen) atoms. The molecule has 2 rings (SSSR count). The molecule has 1 aliphatic rings. The third-order valence-corrected chi connectivity index (χ3v) is 3.05. The van der Waals surface area contributed by atoms with Crippen molar-refractivity contribution < 1.29 is 9.53 Å². The van der Waals surface area contributed by atoms with Gasteiger partial charge in [0.15, 0.2) is 0 Å². The third kappa shape index (κ3) is 3.44. The highest BCUT2D eigenvalue weighted by molar-refractivity contribution is 6.28. The number of anilines is 2. The summed E-state index contributed by atoms with van der Waals surface area (Å²) in [6, 6.07) is -0.546. The Morgan fingerprint density at radius 2 is 2.05 bits per heavy atom. The Kier molecular flexibility index (Phi) is 4.36. The first-order valence-corrected chi connectivity index (χ1v) is 6.49. The lowest BCUT2D eigenvalue weighted by atomic mass is 10.3. The first-order valence-electron chi connectivity index (χ1n) is 6.11. The molecule has 0 aliphatic carbocycles. The summed E-state index contributed by atoms with van der Waals surface area (Å²) in [6.07, 6.45) is 2.23. The molecule has 1 N–H and O–H groups in total. The van der Waals surface area contributed by atoms with Gasteiger partial charge in [-0.05, 0) is 31.4 Å². The zero-order chi connectivity index (χ0) is 13.8. The third-order valence-electron chi connectivity index (χ3n) is 2.89. The Morgan fingerprint density at radius 3 is 2.68 bits per heavy atom. The number of carbonyl (C=O) groups excluding carboxylic acids is 1. The summed E-state index contributed by atoms with van der Waals surface area (Å²) in [5, 5.41) is 2.96. The normalized spacial score (nSPS) is 16.3. The van der Waals surface area contributed by atoms with Crippen LogP contribution in [0.5, 0.6) is 0 Å². The van der Waals surface area contributed by atoms with Crippen molar-refractivity contribution in [1.29, 1.82) is 0 Å². The van der Waals surface area contributed by atoms with E-state index in [1.54, 1.807) is 6.92 Å². The van der Waals surface area contributed by atoms with Gasteiger partial charge in [0.1, 0.15) is 6.04 Å². The number of halogens is 1. The van der Waals surface area contributed by atoms with Crippen molar-refractivity contribution >= 4 is 29.5 Å². The van der Waals surface area contributed by atoms with Crippen LogP contribution < -0.4 is 10.2 Å². The summed E-state index contributed by atoms with van der Waals surface area (Å²) in [6.45, 7) is 3.48. The van der Waals surface area contributed by atoms with Crippen molar-refractivity contribution in [2.75, 3.05) is 30.4 Å². The summed E-state index contributed by atoms with van der Waals surface area (Å²) in [5.74, 6) is 0.427. The van der Waals surface area contributed by atoms with E-state index in [4.69, 9.17) is 11.6 Å². The van der Waals surface area contributed by atoms with E-state index in [0.717, 1.165) is 25.9 Å². The molecule has 1 atom stereocenters. The molecule has 8 heteroatoms. The lowest BCUT2D eigenvalue weighted by Crippen LogP contribution is -2.29. The largest absolute Gasteiger partial charge is 0.467 e. The van der Waals surface area contributed by atoms with Crippen LogP contribution in [0.1, 0.15) is 19.8 Å². The second kappa shape index (κ2) is 6.01. The maximum atomic E-state index is 11.3. The number of carbonyl (C=O) groups is 1. The maximum absolute atomic E-state index is 11.3. The second-order valence-corrected chi connectivity index (χ2v) is 4.65. The first-order chi connectivity index (χ1) is 9.10. The van der Waals surface area contributed by atoms with Gasteiger partial charge >= 0.3 is 5.97 Å². The topological polar surface area (TPSA) is 80.2 Å². The van der Waals surface area contributed by atoms with Crippen molar-refractivity contribution in [3.63, 3.8) is 0 Å². The number of esters is 1. The molecule has 0 aromatic carbocycles. The minimum atomic E-state index is -0.546. The van der Waals surface area contributed by atoms with Crippen molar-refractivity contribution in [2.24, 2.45) is 0 Å². The molecule has 2 heterocycles. The fraction of sp³-hybridized carbons (Fsp3) is 0.636. The van der Waals surface area contributed by atoms with Gasteiger partial charge in [-0.15, -0.1) is 0 Å². The van der Waals surface area contributed by atoms with Crippen LogP contribution in [-0.4, -0.2) is 47.2 Å². The number of hydrogen-bond donors (Lipinski definition) is 1. The molecule has 1 fully saturated rings. The summed E-state index contributed by atoms with van der Waals surface area (Å²) < 4.78 is 4.63. The average molecular weight is 286 g/mol. The number of methoxy groups -OCH3 is 1. The number of hydrogen-bond acceptors (Lipinski definition) is 7. The van der Waals surface area contributed by atoms with E-state index in [9.17, 15) is 4.79 Å². The van der Waals surface area contributed by atoms with Gasteiger partial charge in [-0.2, -0.15) is 15.0 Å². The number of aromatic nitrogens is 3. The van der Waals surface area contributed by atoms with Crippen molar-refractivity contribution in [1.82, 2.24) is 15.0 Å². The molecule has 1 aliphatic heterocycles. The molecular formula is C11H16ClN5O2. The molecule has 0 saturated carbocycles. The van der Waals surface area contributed by atoms with Gasteiger partial charge in [0.2, 0.25) is 17.2 Å². The van der Waals surface area contributed by atoms with E-state index in [1.807, 2.05) is 4.90 Å². The van der Waals surface area contributed by atoms with Gasteiger partial charge in [0.25, 0.3) is 0 Å². The van der Waals surface area contributed by atoms with Crippen LogP contribution in [0, 0.1) is 0 Å². The molecule has 0 bridgehead atoms. The molecule has 1 saturated heterocycles. The Morgan fingerprint density at radius 1 is 1.37 bits per heavy atom. The fourth-order valence-electron chi connectivity index (χ4n) is 1.89. The zero-order valence-corrected chi connectivity index (χ0v) is 11.6. The van der Waals surface area contributed by atoms with Crippen molar-refractivity contribution in [3.05, 3.63) is 5.28 Å². The zero-order valence-electron chi connectivity index (χ0n) is 10.9. The molecule has 104 valence electrons. The molecule has 0 amide bonds. The molecule has 0 spiro atoms. The Labute approximate surface area is 116 Å². The molecule has 1 aromatic rings. The number of rotatable bonds is 4. The van der Waals surface area contributed by atoms with Crippen LogP contribution in [0.15, 0.2) is 0 Å². The highest BCUT2D eigenvalue weighted by Gasteiger charge is 2.19. The van der Waals surface area contributed by atoms with E-state index in [-0.39, 0.29) is 17.2 Å². The highest BCUT2D eigenvalue weighted by atomic mass is 35.5. The minimum Gasteiger partial charge on any atom is -0.467 e. The van der Waals surface area contributed by atoms with Gasteiger partial charge in [0.05, 0.1) is 7.11 Å². The van der Waals surface area contributed by atoms with Crippen molar-refractivity contribution in [3.8, 4) is 0 Å². The standard InChI is InChI=1S/C11H16ClN5O2/c1-7(8(18)19-2)13-10-14-9(12)15-11(16-10)17-5-3-4-6-17/h7H,3-6H2,1-2H3,(H,13,14,15,16). The number of nitrogens with one attached hydrogen (secondary N) is 1. The lowest BCUT2D eigenvalue weighted by Gasteiger charge is -2.17. The predicted octanol–water partition coefficient (Wildman–Crippen LogP) is 1.10. The summed E-state index contributed by atoms with van der Waals surface area (Å²) >= 11 is 5.88. The molecule has 1 unspecified atom stereocenters. The van der Waals surface area contributed by atoms with Crippen LogP contribution in [-0.2, 0) is 9.53 Å². The van der Waals surface area contributed by atoms with E-state index < -0.39 is 6.04 Å². The Balaban J connectivity index is 2.14. The summed E-state index contributed by atoms with van der Waals surface area (Å²) in [5.41, 5.74) is 0. The van der Waals surface area contributed by atoms with Crippen LogP contribution >= 0.6 is 11.6 Å². The number of ether oxygens (including phenoxy) is 1. The van der Waals surface area contributed by atoms with Gasteiger partial charge < -0.3 is 15.0 Å². The Hall–Kier alpha value is -1.63. The predicted molar refractivity (Wildman–Crippen MR) is 71.4 cm³/mol. The molecule has 0 radical (unpaired) electrons. The van der Waals surface area contributed by atoms with Crippen LogP contribution in [0.25, 0.3) is 0 Å². The SMILES string of the molecule is COC(=O)C(C)Nc1nc(Cl)nc(N2CCCC2)n1. The summed E-state index contributed by atoms with van der Waals surface area (Å²) in [4.78, 5) is 25.7. The molecular weight excluding hydrogens is 270 g/mol. The van der Waals surface area contributed by atoms with Crippen LogP contribution in [0.2, 0.25) is 5.28 Å². The number of nitrogens with zero attached hydrogens (tertiary/aromatic N) is 4. The van der Waals surface area contributed by atoms with E-state index in [0.29, 0.717) is 5.95 Å². The summed E-state index contributed by atoms with van der Waals surface area (Å²) in [7, 11) is 1.33. The van der Waals surface area contributed by atoms with E-state index in [1.165, 1.54) is 7.11 Å². The van der Waals surface area contributed by atoms with Gasteiger partial charge in [-0.25, -0.2) is 4.79 Å². The van der Waals surface area contributed by atoms with Crippen LogP contribution in [0.3, 0.4) is 0 Å². The van der Waals surface area contributed by atoms with Crippen molar-refractivity contribution in [2.45, 2.75) is 25.8 Å². The quantitative estimate of drug-likeness (QED) is 0.830. The minimum absolute atomic E-state index is 0.108. The van der Waals surface area contributed by atoms with E-state index >= 15 is 0 Å². The van der Waals surface area contributed by atoms with E-state index in [2.05, 4.69) is 25.0 Å². The van der Waals surface area contributed by atoms with Gasteiger partial charge in [-0.3, -0.25) is 0 Å². The second-order valence-electron chi connectivity index (χ2n) is 4.31. The average Bonchev–Trinajstić information content (AvgIpc) is 2.90. The monoisotopic (exact) mass is 285 g/mol. The fourth-order valence-corrected chi connectivity index (χ4v) is 2.05. The highest BCUT2D eigenvalue weighted by Crippen LogP contribution is 2.18. The van der Waals surface area contributed by atoms with Gasteiger partial charge in [-0.1, -0.05) is 0 Å². The van der Waals surface area contributed by atoms with Gasteiger partial charge in [0, 0.05) is 13.1 Å². The molecule has 1 aromatic heterocycles. The lowest BCUT2D eigenvalue weighted by molar-refractivity contribution is -0.141. The molecule has 7 nitrogen and oxygen atoms in total. The van der Waals surface area contributed by atoms with Crippen LogP contribution in [0.4, 0.5) is 11.9 Å². The smallest absolute Gasteiger partial charge is 0.328 e.